The van der Waals surface area contributed by atoms with Gasteiger partial charge in [0, 0.05) is 29.4 Å². The molecule has 1 saturated heterocycles. The monoisotopic (exact) mass is 358 g/mol. The summed E-state index contributed by atoms with van der Waals surface area (Å²) in [5.41, 5.74) is 0.216. The van der Waals surface area contributed by atoms with E-state index >= 15 is 0 Å². The standard InChI is InChI=1S/C13H15BrN2O5/c1-20-13(17)9-5-11(10(14)6-12(9)16(18)19)15-7-8-3-2-4-21-8/h5-6,8,15H,2-4,7H2,1H3. The van der Waals surface area contributed by atoms with Crippen LogP contribution in [0.4, 0.5) is 11.4 Å². The largest absolute Gasteiger partial charge is 0.465 e. The maximum atomic E-state index is 11.7. The van der Waals surface area contributed by atoms with Gasteiger partial charge in [-0.3, -0.25) is 10.1 Å². The molecule has 1 heterocycles. The molecule has 8 heteroatoms. The number of rotatable bonds is 5. The molecule has 0 saturated carbocycles. The van der Waals surface area contributed by atoms with Gasteiger partial charge in [0.05, 0.1) is 18.1 Å². The number of halogens is 1. The highest BCUT2D eigenvalue weighted by molar-refractivity contribution is 9.10. The number of hydrogen-bond acceptors (Lipinski definition) is 6. The minimum Gasteiger partial charge on any atom is -0.465 e. The summed E-state index contributed by atoms with van der Waals surface area (Å²) in [5, 5.41) is 14.1. The lowest BCUT2D eigenvalue weighted by Gasteiger charge is -2.14. The fourth-order valence-electron chi connectivity index (χ4n) is 2.15. The Balaban J connectivity index is 2.24. The van der Waals surface area contributed by atoms with Gasteiger partial charge in [0.2, 0.25) is 0 Å². The molecule has 1 aliphatic rings. The molecule has 1 aliphatic heterocycles. The molecule has 0 amide bonds. The first-order chi connectivity index (χ1) is 10.0. The van der Waals surface area contributed by atoms with Gasteiger partial charge in [-0.25, -0.2) is 4.79 Å². The highest BCUT2D eigenvalue weighted by Gasteiger charge is 2.24. The topological polar surface area (TPSA) is 90.7 Å². The van der Waals surface area contributed by atoms with E-state index in [1.165, 1.54) is 19.2 Å². The van der Waals surface area contributed by atoms with Gasteiger partial charge in [-0.1, -0.05) is 0 Å². The van der Waals surface area contributed by atoms with Gasteiger partial charge in [0.15, 0.2) is 0 Å². The Hall–Kier alpha value is -1.67. The first-order valence-electron chi connectivity index (χ1n) is 6.44. The molecule has 0 radical (unpaired) electrons. The molecule has 0 spiro atoms. The summed E-state index contributed by atoms with van der Waals surface area (Å²) in [6, 6.07) is 2.72. The Morgan fingerprint density at radius 1 is 1.62 bits per heavy atom. The van der Waals surface area contributed by atoms with Crippen LogP contribution in [0.2, 0.25) is 0 Å². The van der Waals surface area contributed by atoms with Crippen molar-refractivity contribution in [3.05, 3.63) is 32.3 Å². The van der Waals surface area contributed by atoms with Crippen molar-refractivity contribution in [3.63, 3.8) is 0 Å². The van der Waals surface area contributed by atoms with Crippen molar-refractivity contribution in [1.29, 1.82) is 0 Å². The van der Waals surface area contributed by atoms with E-state index in [-0.39, 0.29) is 17.4 Å². The van der Waals surface area contributed by atoms with E-state index in [2.05, 4.69) is 26.0 Å². The number of nitrogens with zero attached hydrogens (tertiary/aromatic N) is 1. The molecule has 0 aromatic heterocycles. The molecule has 1 unspecified atom stereocenters. The Bertz CT molecular complexity index is 558. The van der Waals surface area contributed by atoms with E-state index in [4.69, 9.17) is 4.74 Å². The van der Waals surface area contributed by atoms with Crippen LogP contribution in [0.1, 0.15) is 23.2 Å². The molecular formula is C13H15BrN2O5. The molecule has 1 fully saturated rings. The Morgan fingerprint density at radius 3 is 2.95 bits per heavy atom. The third kappa shape index (κ3) is 3.70. The van der Waals surface area contributed by atoms with Crippen LogP contribution >= 0.6 is 15.9 Å². The maximum absolute atomic E-state index is 11.7. The van der Waals surface area contributed by atoms with Crippen LogP contribution < -0.4 is 5.32 Å². The molecular weight excluding hydrogens is 344 g/mol. The summed E-state index contributed by atoms with van der Waals surface area (Å²) in [4.78, 5) is 22.1. The van der Waals surface area contributed by atoms with Gasteiger partial charge in [-0.15, -0.1) is 0 Å². The third-order valence-corrected chi connectivity index (χ3v) is 3.89. The van der Waals surface area contributed by atoms with Crippen LogP contribution in [0.25, 0.3) is 0 Å². The summed E-state index contributed by atoms with van der Waals surface area (Å²) in [6.45, 7) is 1.33. The lowest BCUT2D eigenvalue weighted by molar-refractivity contribution is -0.385. The lowest BCUT2D eigenvalue weighted by atomic mass is 10.1. The van der Waals surface area contributed by atoms with Gasteiger partial charge < -0.3 is 14.8 Å². The van der Waals surface area contributed by atoms with Crippen LogP contribution in [0.15, 0.2) is 16.6 Å². The van der Waals surface area contributed by atoms with E-state index in [1.54, 1.807) is 0 Å². The Labute approximate surface area is 129 Å². The second-order valence-corrected chi connectivity index (χ2v) is 5.47. The summed E-state index contributed by atoms with van der Waals surface area (Å²) < 4.78 is 10.6. The van der Waals surface area contributed by atoms with E-state index in [0.29, 0.717) is 16.7 Å². The predicted octanol–water partition coefficient (Wildman–Crippen LogP) is 2.73. The summed E-state index contributed by atoms with van der Waals surface area (Å²) >= 11 is 3.27. The van der Waals surface area contributed by atoms with Crippen molar-refractivity contribution in [3.8, 4) is 0 Å². The van der Waals surface area contributed by atoms with E-state index in [1.807, 2.05) is 0 Å². The number of hydrogen-bond donors (Lipinski definition) is 1. The van der Waals surface area contributed by atoms with Gasteiger partial charge in [0.25, 0.3) is 5.69 Å². The Kier molecular flexibility index (Phi) is 5.13. The van der Waals surface area contributed by atoms with Crippen molar-refractivity contribution in [2.75, 3.05) is 25.6 Å². The number of nitro groups is 1. The second-order valence-electron chi connectivity index (χ2n) is 4.61. The summed E-state index contributed by atoms with van der Waals surface area (Å²) in [7, 11) is 1.19. The van der Waals surface area contributed by atoms with E-state index in [0.717, 1.165) is 19.4 Å². The van der Waals surface area contributed by atoms with Crippen molar-refractivity contribution in [2.45, 2.75) is 18.9 Å². The van der Waals surface area contributed by atoms with Crippen LogP contribution in [0.5, 0.6) is 0 Å². The number of ether oxygens (including phenoxy) is 2. The molecule has 1 aromatic carbocycles. The molecule has 1 atom stereocenters. The predicted molar refractivity (Wildman–Crippen MR) is 79.6 cm³/mol. The van der Waals surface area contributed by atoms with Gasteiger partial charge in [-0.2, -0.15) is 0 Å². The molecule has 21 heavy (non-hydrogen) atoms. The summed E-state index contributed by atoms with van der Waals surface area (Å²) in [5.74, 6) is -0.741. The Morgan fingerprint density at radius 2 is 2.38 bits per heavy atom. The van der Waals surface area contributed by atoms with Gasteiger partial charge in [-0.05, 0) is 34.8 Å². The quantitative estimate of drug-likeness (QED) is 0.494. The average Bonchev–Trinajstić information content (AvgIpc) is 2.98. The number of carbonyl (C=O) groups is 1. The fourth-order valence-corrected chi connectivity index (χ4v) is 2.62. The molecule has 7 nitrogen and oxygen atoms in total. The number of anilines is 1. The molecule has 114 valence electrons. The number of benzene rings is 1. The SMILES string of the molecule is COC(=O)c1cc(NCC2CCCO2)c(Br)cc1[N+](=O)[O-]. The second kappa shape index (κ2) is 6.86. The van der Waals surface area contributed by atoms with Crippen LogP contribution in [-0.2, 0) is 9.47 Å². The zero-order valence-electron chi connectivity index (χ0n) is 11.4. The third-order valence-electron chi connectivity index (χ3n) is 3.23. The minimum absolute atomic E-state index is 0.0828. The molecule has 0 aliphatic carbocycles. The molecule has 1 aromatic rings. The van der Waals surface area contributed by atoms with Crippen LogP contribution in [0, 0.1) is 10.1 Å². The van der Waals surface area contributed by atoms with Gasteiger partial charge >= 0.3 is 5.97 Å². The molecule has 0 bridgehead atoms. The van der Waals surface area contributed by atoms with Crippen molar-refractivity contribution >= 4 is 33.3 Å². The number of nitrogens with one attached hydrogen (secondary N) is 1. The smallest absolute Gasteiger partial charge is 0.344 e. The first kappa shape index (κ1) is 15.7. The van der Waals surface area contributed by atoms with Crippen molar-refractivity contribution in [2.24, 2.45) is 0 Å². The summed E-state index contributed by atoms with van der Waals surface area (Å²) in [6.07, 6.45) is 2.12. The lowest BCUT2D eigenvalue weighted by Crippen LogP contribution is -2.19. The van der Waals surface area contributed by atoms with Crippen LogP contribution in [0.3, 0.4) is 0 Å². The van der Waals surface area contributed by atoms with E-state index < -0.39 is 10.9 Å². The zero-order chi connectivity index (χ0) is 15.4. The first-order valence-corrected chi connectivity index (χ1v) is 7.24. The highest BCUT2D eigenvalue weighted by Crippen LogP contribution is 2.32. The number of esters is 1. The number of carbonyl (C=O) groups excluding carboxylic acids is 1. The number of methoxy groups -OCH3 is 1. The maximum Gasteiger partial charge on any atom is 0.344 e. The molecule has 1 N–H and O–H groups in total. The fraction of sp³-hybridized carbons (Fsp3) is 0.462. The molecule has 2 rings (SSSR count). The normalized spacial score (nSPS) is 17.5. The minimum atomic E-state index is -0.741. The zero-order valence-corrected chi connectivity index (χ0v) is 13.0. The van der Waals surface area contributed by atoms with Gasteiger partial charge in [0.1, 0.15) is 5.56 Å². The average molecular weight is 359 g/mol. The van der Waals surface area contributed by atoms with Crippen molar-refractivity contribution < 1.29 is 19.2 Å². The highest BCUT2D eigenvalue weighted by atomic mass is 79.9. The van der Waals surface area contributed by atoms with Crippen LogP contribution in [-0.4, -0.2) is 37.3 Å². The van der Waals surface area contributed by atoms with E-state index in [9.17, 15) is 14.9 Å². The number of nitro benzene ring substituents is 1. The van der Waals surface area contributed by atoms with Crippen molar-refractivity contribution in [1.82, 2.24) is 0 Å².